The highest BCUT2D eigenvalue weighted by Crippen LogP contribution is 2.30. The molecule has 0 aliphatic heterocycles. The van der Waals surface area contributed by atoms with E-state index in [0.29, 0.717) is 23.8 Å². The maximum absolute atomic E-state index is 12.8. The molecule has 2 N–H and O–H groups in total. The molecule has 8 heteroatoms. The van der Waals surface area contributed by atoms with E-state index in [-0.39, 0.29) is 10.8 Å². The van der Waals surface area contributed by atoms with Gasteiger partial charge in [-0.25, -0.2) is 0 Å². The van der Waals surface area contributed by atoms with Crippen LogP contribution >= 0.6 is 0 Å². The fourth-order valence-corrected chi connectivity index (χ4v) is 2.94. The van der Waals surface area contributed by atoms with Crippen molar-refractivity contribution < 1.29 is 17.4 Å². The SMILES string of the molecule is CN=C(NCCS(=O)C(C)(C)C)NC(C)c1cccc(C(F)(F)F)c1. The molecule has 0 heterocycles. The van der Waals surface area contributed by atoms with Gasteiger partial charge in [0.2, 0.25) is 0 Å². The van der Waals surface area contributed by atoms with Gasteiger partial charge in [-0.1, -0.05) is 12.1 Å². The van der Waals surface area contributed by atoms with Crippen molar-refractivity contribution in [1.29, 1.82) is 0 Å². The van der Waals surface area contributed by atoms with Gasteiger partial charge in [-0.3, -0.25) is 9.20 Å². The lowest BCUT2D eigenvalue weighted by Crippen LogP contribution is -2.41. The van der Waals surface area contributed by atoms with Crippen LogP contribution in [0.25, 0.3) is 0 Å². The van der Waals surface area contributed by atoms with E-state index in [9.17, 15) is 17.4 Å². The van der Waals surface area contributed by atoms with Crippen molar-refractivity contribution in [2.45, 2.75) is 44.7 Å². The Hall–Kier alpha value is -1.57. The third kappa shape index (κ3) is 7.05. The maximum Gasteiger partial charge on any atom is 0.416 e. The first-order valence-electron chi connectivity index (χ1n) is 7.98. The Morgan fingerprint density at radius 1 is 1.28 bits per heavy atom. The molecule has 2 atom stereocenters. The predicted molar refractivity (Wildman–Crippen MR) is 97.1 cm³/mol. The summed E-state index contributed by atoms with van der Waals surface area (Å²) in [6.07, 6.45) is -4.37. The number of nitrogens with one attached hydrogen (secondary N) is 2. The van der Waals surface area contributed by atoms with Crippen molar-refractivity contribution in [2.24, 2.45) is 4.99 Å². The topological polar surface area (TPSA) is 53.5 Å². The molecule has 0 aliphatic rings. The van der Waals surface area contributed by atoms with E-state index in [1.165, 1.54) is 6.07 Å². The van der Waals surface area contributed by atoms with Gasteiger partial charge < -0.3 is 10.6 Å². The first-order chi connectivity index (χ1) is 11.4. The molecule has 0 fully saturated rings. The summed E-state index contributed by atoms with van der Waals surface area (Å²) >= 11 is 0. The molecule has 25 heavy (non-hydrogen) atoms. The van der Waals surface area contributed by atoms with Gasteiger partial charge in [-0.15, -0.1) is 0 Å². The van der Waals surface area contributed by atoms with Crippen molar-refractivity contribution in [2.75, 3.05) is 19.3 Å². The highest BCUT2D eigenvalue weighted by atomic mass is 32.2. The number of hydrogen-bond acceptors (Lipinski definition) is 2. The molecule has 0 amide bonds. The molecule has 0 saturated heterocycles. The fourth-order valence-electron chi connectivity index (χ4n) is 2.04. The molecule has 0 bridgehead atoms. The van der Waals surface area contributed by atoms with Gasteiger partial charge in [0.15, 0.2) is 5.96 Å². The lowest BCUT2D eigenvalue weighted by Gasteiger charge is -2.21. The second-order valence-corrected chi connectivity index (χ2v) is 8.97. The summed E-state index contributed by atoms with van der Waals surface area (Å²) in [5.41, 5.74) is -0.168. The fraction of sp³-hybridized carbons (Fsp3) is 0.588. The first-order valence-corrected chi connectivity index (χ1v) is 9.30. The zero-order valence-corrected chi connectivity index (χ0v) is 16.0. The minimum atomic E-state index is -4.37. The van der Waals surface area contributed by atoms with Crippen LogP contribution in [-0.4, -0.2) is 34.3 Å². The molecule has 1 rings (SSSR count). The van der Waals surface area contributed by atoms with E-state index >= 15 is 0 Å². The van der Waals surface area contributed by atoms with Gasteiger partial charge in [-0.05, 0) is 45.4 Å². The molecule has 0 aliphatic carbocycles. The van der Waals surface area contributed by atoms with Crippen LogP contribution < -0.4 is 10.6 Å². The predicted octanol–water partition coefficient (Wildman–Crippen LogP) is 3.48. The molecule has 142 valence electrons. The second-order valence-electron chi connectivity index (χ2n) is 6.65. The van der Waals surface area contributed by atoms with Crippen molar-refractivity contribution in [3.8, 4) is 0 Å². The Labute approximate surface area is 149 Å². The van der Waals surface area contributed by atoms with Gasteiger partial charge in [0.25, 0.3) is 0 Å². The Bertz CT molecular complexity index is 624. The van der Waals surface area contributed by atoms with Gasteiger partial charge in [-0.2, -0.15) is 13.2 Å². The number of rotatable bonds is 5. The van der Waals surface area contributed by atoms with Gasteiger partial charge in [0, 0.05) is 34.9 Å². The van der Waals surface area contributed by atoms with E-state index in [1.807, 2.05) is 20.8 Å². The lowest BCUT2D eigenvalue weighted by molar-refractivity contribution is -0.137. The largest absolute Gasteiger partial charge is 0.416 e. The zero-order chi connectivity index (χ0) is 19.3. The van der Waals surface area contributed by atoms with Gasteiger partial charge in [0.1, 0.15) is 0 Å². The first kappa shape index (κ1) is 21.5. The van der Waals surface area contributed by atoms with Crippen molar-refractivity contribution in [3.63, 3.8) is 0 Å². The van der Waals surface area contributed by atoms with Crippen LogP contribution in [-0.2, 0) is 17.0 Å². The van der Waals surface area contributed by atoms with Crippen molar-refractivity contribution >= 4 is 16.8 Å². The van der Waals surface area contributed by atoms with E-state index < -0.39 is 22.5 Å². The molecule has 0 spiro atoms. The Morgan fingerprint density at radius 3 is 2.44 bits per heavy atom. The summed E-state index contributed by atoms with van der Waals surface area (Å²) in [5.74, 6) is 0.915. The number of aliphatic imine (C=N–C) groups is 1. The average molecular weight is 377 g/mol. The molecule has 1 aromatic rings. The van der Waals surface area contributed by atoms with Crippen LogP contribution in [0.1, 0.15) is 44.9 Å². The molecule has 4 nitrogen and oxygen atoms in total. The van der Waals surface area contributed by atoms with Crippen molar-refractivity contribution in [3.05, 3.63) is 35.4 Å². The Kier molecular flexibility index (Phi) is 7.46. The van der Waals surface area contributed by atoms with Crippen LogP contribution in [0.3, 0.4) is 0 Å². The van der Waals surface area contributed by atoms with Crippen LogP contribution in [0.2, 0.25) is 0 Å². The smallest absolute Gasteiger partial charge is 0.355 e. The van der Waals surface area contributed by atoms with E-state index in [4.69, 9.17) is 0 Å². The molecule has 2 unspecified atom stereocenters. The third-order valence-corrected chi connectivity index (χ3v) is 5.49. The standard InChI is InChI=1S/C17H26F3N3OS/c1-12(13-7-6-8-14(11-13)17(18,19)20)23-15(21-5)22-9-10-25(24)16(2,3)4/h6-8,11-12H,9-10H2,1-5H3,(H2,21,22,23). The molecular formula is C17H26F3N3OS. The molecule has 1 aromatic carbocycles. The highest BCUT2D eigenvalue weighted by Gasteiger charge is 2.30. The minimum Gasteiger partial charge on any atom is -0.355 e. The van der Waals surface area contributed by atoms with Gasteiger partial charge in [0.05, 0.1) is 11.6 Å². The minimum absolute atomic E-state index is 0.288. The summed E-state index contributed by atoms with van der Waals surface area (Å²) in [4.78, 5) is 4.06. The average Bonchev–Trinajstić information content (AvgIpc) is 2.52. The summed E-state index contributed by atoms with van der Waals surface area (Å²) in [6.45, 7) is 7.94. The summed E-state index contributed by atoms with van der Waals surface area (Å²) in [5, 5.41) is 6.09. The number of halogens is 3. The number of benzene rings is 1. The number of hydrogen-bond donors (Lipinski definition) is 2. The third-order valence-electron chi connectivity index (χ3n) is 3.55. The van der Waals surface area contributed by atoms with E-state index in [0.717, 1.165) is 12.1 Å². The van der Waals surface area contributed by atoms with E-state index in [2.05, 4.69) is 15.6 Å². The van der Waals surface area contributed by atoms with Crippen molar-refractivity contribution in [1.82, 2.24) is 10.6 Å². The van der Waals surface area contributed by atoms with Crippen LogP contribution in [0, 0.1) is 0 Å². The monoisotopic (exact) mass is 377 g/mol. The normalized spacial score (nSPS) is 15.6. The second kappa shape index (κ2) is 8.69. The Morgan fingerprint density at radius 2 is 1.92 bits per heavy atom. The van der Waals surface area contributed by atoms with E-state index in [1.54, 1.807) is 20.0 Å². The number of guanidine groups is 1. The van der Waals surface area contributed by atoms with Crippen LogP contribution in [0.15, 0.2) is 29.3 Å². The zero-order valence-electron chi connectivity index (χ0n) is 15.2. The Balaban J connectivity index is 2.65. The van der Waals surface area contributed by atoms with Crippen LogP contribution in [0.5, 0.6) is 0 Å². The maximum atomic E-state index is 12.8. The molecule has 0 radical (unpaired) electrons. The summed E-state index contributed by atoms with van der Waals surface area (Å²) in [7, 11) is 0.591. The number of nitrogens with zero attached hydrogens (tertiary/aromatic N) is 1. The highest BCUT2D eigenvalue weighted by molar-refractivity contribution is 7.86. The molecule has 0 aromatic heterocycles. The summed E-state index contributed by atoms with van der Waals surface area (Å²) < 4.78 is 50.2. The van der Waals surface area contributed by atoms with Gasteiger partial charge >= 0.3 is 6.18 Å². The molecular weight excluding hydrogens is 351 g/mol. The molecule has 0 saturated carbocycles. The van der Waals surface area contributed by atoms with Crippen LogP contribution in [0.4, 0.5) is 13.2 Å². The summed E-state index contributed by atoms with van der Waals surface area (Å²) in [6, 6.07) is 4.83. The number of alkyl halides is 3. The lowest BCUT2D eigenvalue weighted by atomic mass is 10.1. The quantitative estimate of drug-likeness (QED) is 0.610.